The van der Waals surface area contributed by atoms with Gasteiger partial charge in [-0.15, -0.1) is 0 Å². The fourth-order valence-electron chi connectivity index (χ4n) is 2.87. The second-order valence-electron chi connectivity index (χ2n) is 6.81. The fraction of sp³-hybridized carbons (Fsp3) is 0.0370. The first-order valence-electron chi connectivity index (χ1n) is 10.0. The van der Waals surface area contributed by atoms with Gasteiger partial charge in [-0.3, -0.25) is 0 Å². The van der Waals surface area contributed by atoms with Crippen LogP contribution in [0, 0.1) is 22.7 Å². The number of nitriles is 2. The van der Waals surface area contributed by atoms with Crippen LogP contribution in [-0.4, -0.2) is 6.16 Å². The van der Waals surface area contributed by atoms with Crippen LogP contribution in [0.3, 0.4) is 0 Å². The summed E-state index contributed by atoms with van der Waals surface area (Å²) in [6.45, 7) is 0. The molecule has 4 aromatic rings. The maximum atomic E-state index is 9.10. The molecule has 0 fully saturated rings. The van der Waals surface area contributed by atoms with Gasteiger partial charge in [0.05, 0.1) is 23.3 Å². The molecule has 0 aliphatic carbocycles. The highest BCUT2D eigenvalue weighted by Crippen LogP contribution is 2.30. The highest BCUT2D eigenvalue weighted by Gasteiger charge is 2.43. The lowest BCUT2D eigenvalue weighted by atomic mass is 10.2. The third kappa shape index (κ3) is 5.61. The van der Waals surface area contributed by atoms with E-state index in [1.54, 1.807) is 72.8 Å². The van der Waals surface area contributed by atoms with Crippen molar-refractivity contribution >= 4 is 0 Å². The molecule has 4 rings (SSSR count). The van der Waals surface area contributed by atoms with E-state index in [9.17, 15) is 0 Å². The first-order valence-corrected chi connectivity index (χ1v) is 10.0. The van der Waals surface area contributed by atoms with Gasteiger partial charge in [0, 0.05) is 0 Å². The lowest BCUT2D eigenvalue weighted by Gasteiger charge is -2.32. The molecular formula is C27H18N2O4. The second kappa shape index (κ2) is 9.91. The average Bonchev–Trinajstić information content (AvgIpc) is 2.86. The molecule has 6 nitrogen and oxygen atoms in total. The van der Waals surface area contributed by atoms with Gasteiger partial charge in [-0.2, -0.15) is 10.5 Å². The van der Waals surface area contributed by atoms with Crippen LogP contribution < -0.4 is 18.9 Å². The van der Waals surface area contributed by atoms with Crippen molar-refractivity contribution in [3.05, 3.63) is 120 Å². The maximum Gasteiger partial charge on any atom is 0.611 e. The maximum absolute atomic E-state index is 9.10. The van der Waals surface area contributed by atoms with Crippen molar-refractivity contribution in [3.63, 3.8) is 0 Å². The van der Waals surface area contributed by atoms with Crippen LogP contribution >= 0.6 is 0 Å². The molecule has 160 valence electrons. The SMILES string of the molecule is N#Cc1ccc(OC(Oc2ccccc2)(Oc2ccccc2)Oc2ccc(C#N)cc2)cc1. The van der Waals surface area contributed by atoms with E-state index in [-0.39, 0.29) is 0 Å². The van der Waals surface area contributed by atoms with Crippen molar-refractivity contribution in [2.75, 3.05) is 0 Å². The van der Waals surface area contributed by atoms with Crippen LogP contribution in [-0.2, 0) is 0 Å². The number of rotatable bonds is 8. The van der Waals surface area contributed by atoms with E-state index in [0.29, 0.717) is 34.1 Å². The first kappa shape index (κ1) is 21.3. The summed E-state index contributed by atoms with van der Waals surface area (Å²) in [4.78, 5) is 0. The molecule has 0 saturated heterocycles. The Morgan fingerprint density at radius 2 is 0.727 bits per heavy atom. The number of benzene rings is 4. The second-order valence-corrected chi connectivity index (χ2v) is 6.81. The fourth-order valence-corrected chi connectivity index (χ4v) is 2.87. The van der Waals surface area contributed by atoms with Gasteiger partial charge in [-0.05, 0) is 72.8 Å². The minimum absolute atomic E-state index is 0.356. The minimum Gasteiger partial charge on any atom is -0.386 e. The van der Waals surface area contributed by atoms with Gasteiger partial charge in [-0.25, -0.2) is 0 Å². The third-order valence-corrected chi connectivity index (χ3v) is 4.42. The lowest BCUT2D eigenvalue weighted by Crippen LogP contribution is -2.53. The molecule has 0 N–H and O–H groups in total. The zero-order valence-corrected chi connectivity index (χ0v) is 17.4. The van der Waals surface area contributed by atoms with E-state index >= 15 is 0 Å². The molecule has 0 amide bonds. The van der Waals surface area contributed by atoms with Crippen LogP contribution in [0.2, 0.25) is 0 Å². The molecule has 4 aromatic carbocycles. The molecule has 0 unspecified atom stereocenters. The van der Waals surface area contributed by atoms with E-state index in [4.69, 9.17) is 29.5 Å². The molecule has 33 heavy (non-hydrogen) atoms. The van der Waals surface area contributed by atoms with Crippen LogP contribution in [0.25, 0.3) is 0 Å². The van der Waals surface area contributed by atoms with E-state index in [0.717, 1.165) is 0 Å². The molecular weight excluding hydrogens is 416 g/mol. The van der Waals surface area contributed by atoms with Gasteiger partial charge in [0.15, 0.2) is 0 Å². The Kier molecular flexibility index (Phi) is 6.40. The van der Waals surface area contributed by atoms with Gasteiger partial charge in [-0.1, -0.05) is 36.4 Å². The quantitative estimate of drug-likeness (QED) is 0.333. The third-order valence-electron chi connectivity index (χ3n) is 4.42. The monoisotopic (exact) mass is 434 g/mol. The molecule has 0 spiro atoms. The molecule has 0 heterocycles. The van der Waals surface area contributed by atoms with Crippen LogP contribution in [0.4, 0.5) is 0 Å². The molecule has 6 heteroatoms. The molecule has 0 radical (unpaired) electrons. The van der Waals surface area contributed by atoms with Crippen molar-refractivity contribution in [3.8, 4) is 35.1 Å². The van der Waals surface area contributed by atoms with Gasteiger partial charge < -0.3 is 18.9 Å². The van der Waals surface area contributed by atoms with E-state index in [1.807, 2.05) is 36.4 Å². The molecule has 0 bridgehead atoms. The normalized spacial score (nSPS) is 10.4. The highest BCUT2D eigenvalue weighted by molar-refractivity contribution is 5.36. The predicted octanol–water partition coefficient (Wildman–Crippen LogP) is 5.66. The number of para-hydroxylation sites is 2. The summed E-state index contributed by atoms with van der Waals surface area (Å²) in [5, 5.41) is 18.2. The van der Waals surface area contributed by atoms with Gasteiger partial charge in [0.25, 0.3) is 0 Å². The van der Waals surface area contributed by atoms with Crippen molar-refractivity contribution in [1.82, 2.24) is 0 Å². The van der Waals surface area contributed by atoms with Crippen molar-refractivity contribution in [2.24, 2.45) is 0 Å². The van der Waals surface area contributed by atoms with Gasteiger partial charge in [0.2, 0.25) is 0 Å². The number of ether oxygens (including phenoxy) is 4. The first-order chi connectivity index (χ1) is 16.2. The van der Waals surface area contributed by atoms with Crippen LogP contribution in [0.1, 0.15) is 11.1 Å². The zero-order chi connectivity index (χ0) is 22.9. The summed E-state index contributed by atoms with van der Waals surface area (Å²) in [6.07, 6.45) is -2.06. The standard InChI is InChI=1S/C27H18N2O4/c28-19-21-11-15-25(16-12-21)32-27(30-23-7-3-1-4-8-23,31-24-9-5-2-6-10-24)33-26-17-13-22(20-29)14-18-26/h1-18H. The van der Waals surface area contributed by atoms with Crippen LogP contribution in [0.15, 0.2) is 109 Å². The Morgan fingerprint density at radius 1 is 0.424 bits per heavy atom. The summed E-state index contributed by atoms with van der Waals surface area (Å²) in [5.74, 6) is 1.59. The Morgan fingerprint density at radius 3 is 1.03 bits per heavy atom. The summed E-state index contributed by atoms with van der Waals surface area (Å²) in [7, 11) is 0. The largest absolute Gasteiger partial charge is 0.611 e. The number of hydrogen-bond acceptors (Lipinski definition) is 6. The van der Waals surface area contributed by atoms with E-state index in [1.165, 1.54) is 0 Å². The van der Waals surface area contributed by atoms with Crippen molar-refractivity contribution < 1.29 is 18.9 Å². The molecule has 0 aliphatic rings. The number of hydrogen-bond donors (Lipinski definition) is 0. The predicted molar refractivity (Wildman–Crippen MR) is 120 cm³/mol. The molecule has 0 saturated carbocycles. The zero-order valence-electron chi connectivity index (χ0n) is 17.4. The Labute approximate surface area is 191 Å². The molecule has 0 atom stereocenters. The highest BCUT2D eigenvalue weighted by atomic mass is 17.0. The smallest absolute Gasteiger partial charge is 0.386 e. The molecule has 0 aliphatic heterocycles. The lowest BCUT2D eigenvalue weighted by molar-refractivity contribution is -0.367. The van der Waals surface area contributed by atoms with Crippen molar-refractivity contribution in [1.29, 1.82) is 10.5 Å². The van der Waals surface area contributed by atoms with Crippen LogP contribution in [0.5, 0.6) is 23.0 Å². The van der Waals surface area contributed by atoms with Gasteiger partial charge >= 0.3 is 6.16 Å². The Balaban J connectivity index is 1.76. The average molecular weight is 434 g/mol. The Bertz CT molecular complexity index is 1160. The molecule has 0 aromatic heterocycles. The summed E-state index contributed by atoms with van der Waals surface area (Å²) in [6, 6.07) is 35.0. The summed E-state index contributed by atoms with van der Waals surface area (Å²) < 4.78 is 24.5. The Hall–Kier alpha value is -4.94. The summed E-state index contributed by atoms with van der Waals surface area (Å²) >= 11 is 0. The summed E-state index contributed by atoms with van der Waals surface area (Å²) in [5.41, 5.74) is 0.961. The topological polar surface area (TPSA) is 84.5 Å². The van der Waals surface area contributed by atoms with Gasteiger partial charge in [0.1, 0.15) is 23.0 Å². The minimum atomic E-state index is -2.06. The van der Waals surface area contributed by atoms with Crippen molar-refractivity contribution in [2.45, 2.75) is 6.16 Å². The van der Waals surface area contributed by atoms with E-state index < -0.39 is 6.16 Å². The van der Waals surface area contributed by atoms with E-state index in [2.05, 4.69) is 12.1 Å². The number of nitrogens with zero attached hydrogens (tertiary/aromatic N) is 2.